The molecule has 13 nitrogen and oxygen atoms in total. The second-order valence-electron chi connectivity index (χ2n) is 15.8. The molecule has 2 rings (SSSR count). The highest BCUT2D eigenvalue weighted by atomic mass is 19.1. The Bertz CT molecular complexity index is 1400. The van der Waals surface area contributed by atoms with Crippen LogP contribution in [0.25, 0.3) is 0 Å². The van der Waals surface area contributed by atoms with Gasteiger partial charge in [-0.05, 0) is 69.5 Å². The van der Waals surface area contributed by atoms with Crippen molar-refractivity contribution < 1.29 is 42.9 Å². The molecule has 0 bridgehead atoms. The molecule has 1 aliphatic rings. The lowest BCUT2D eigenvalue weighted by Crippen LogP contribution is -2.59. The molecule has 1 saturated heterocycles. The molecule has 306 valence electrons. The summed E-state index contributed by atoms with van der Waals surface area (Å²) in [4.78, 5) is 73.1. The summed E-state index contributed by atoms with van der Waals surface area (Å²) in [6, 6.07) is 1.68. The zero-order valence-electron chi connectivity index (χ0n) is 34.6. The van der Waals surface area contributed by atoms with Crippen LogP contribution in [0.4, 0.5) is 4.39 Å². The first-order valence-corrected chi connectivity index (χ1v) is 19.1. The van der Waals surface area contributed by atoms with Crippen molar-refractivity contribution in [2.24, 2.45) is 23.7 Å². The lowest BCUT2D eigenvalue weighted by Gasteiger charge is -2.41. The third-order valence-corrected chi connectivity index (χ3v) is 10.8. The number of hydrogen-bond donors (Lipinski definition) is 3. The van der Waals surface area contributed by atoms with Crippen LogP contribution < -0.4 is 10.6 Å². The van der Waals surface area contributed by atoms with E-state index in [-0.39, 0.29) is 60.4 Å². The molecule has 10 atom stereocenters. The molecule has 0 spiro atoms. The predicted octanol–water partition coefficient (Wildman–Crippen LogP) is 3.13. The number of rotatable bonds is 20. The van der Waals surface area contributed by atoms with Gasteiger partial charge >= 0.3 is 0 Å². The number of methoxy groups -OCH3 is 2. The van der Waals surface area contributed by atoms with Gasteiger partial charge in [0, 0.05) is 33.4 Å². The number of β-amino-alcohol motifs (C(OH)–C–C–N with tert-alkyl or cyclic N) is 1. The molecular weight excluding hydrogens is 697 g/mol. The minimum atomic E-state index is -0.914. The highest BCUT2D eigenvalue weighted by Gasteiger charge is 2.45. The van der Waals surface area contributed by atoms with E-state index in [0.29, 0.717) is 6.42 Å². The number of carbonyl (C=O) groups is 5. The third-order valence-electron chi connectivity index (χ3n) is 10.8. The monoisotopic (exact) mass is 763 g/mol. The van der Waals surface area contributed by atoms with E-state index in [9.17, 15) is 33.5 Å². The Morgan fingerprint density at radius 1 is 0.907 bits per heavy atom. The maximum absolute atomic E-state index is 14.2. The van der Waals surface area contributed by atoms with Crippen LogP contribution in [0, 0.1) is 29.5 Å². The van der Waals surface area contributed by atoms with Crippen molar-refractivity contribution in [2.75, 3.05) is 41.9 Å². The highest BCUT2D eigenvalue weighted by Crippen LogP contribution is 2.30. The quantitative estimate of drug-likeness (QED) is 0.170. The number of Topliss-reactive ketones (excluding diaryl/α,β-unsaturated/α-hetero) is 1. The Hall–Kier alpha value is -3.46. The second kappa shape index (κ2) is 21.0. The number of hydrogen-bond acceptors (Lipinski definition) is 9. The van der Waals surface area contributed by atoms with Crippen molar-refractivity contribution in [1.82, 2.24) is 25.3 Å². The number of aliphatic hydroxyl groups excluding tert-OH is 1. The smallest absolute Gasteiger partial charge is 0.245 e. The molecule has 0 aliphatic carbocycles. The van der Waals surface area contributed by atoms with Crippen molar-refractivity contribution in [2.45, 2.75) is 123 Å². The van der Waals surface area contributed by atoms with E-state index >= 15 is 0 Å². The number of ether oxygens (including phenoxy) is 2. The van der Waals surface area contributed by atoms with Crippen LogP contribution in [0.15, 0.2) is 24.3 Å². The van der Waals surface area contributed by atoms with Gasteiger partial charge in [0.1, 0.15) is 11.9 Å². The summed E-state index contributed by atoms with van der Waals surface area (Å²) in [5.74, 6) is -3.36. The van der Waals surface area contributed by atoms with E-state index in [0.717, 1.165) is 0 Å². The van der Waals surface area contributed by atoms with E-state index in [1.54, 1.807) is 18.9 Å². The van der Waals surface area contributed by atoms with E-state index in [1.807, 2.05) is 60.5 Å². The number of carbonyl (C=O) groups excluding carboxylic acids is 5. The van der Waals surface area contributed by atoms with Gasteiger partial charge in [0.05, 0.1) is 54.8 Å². The summed E-state index contributed by atoms with van der Waals surface area (Å²) >= 11 is 0. The Balaban J connectivity index is 2.30. The first-order chi connectivity index (χ1) is 25.2. The van der Waals surface area contributed by atoms with Gasteiger partial charge < -0.3 is 35.0 Å². The lowest BCUT2D eigenvalue weighted by molar-refractivity contribution is -0.148. The molecule has 1 fully saturated rings. The fraction of sp³-hybridized carbons (Fsp3) is 0.725. The number of halogens is 1. The lowest BCUT2D eigenvalue weighted by atomic mass is 9.89. The van der Waals surface area contributed by atoms with Crippen LogP contribution in [-0.2, 0) is 28.7 Å². The molecule has 1 aliphatic heterocycles. The van der Waals surface area contributed by atoms with Gasteiger partial charge in [0.2, 0.25) is 23.6 Å². The number of aliphatic hydroxyl groups is 1. The summed E-state index contributed by atoms with van der Waals surface area (Å²) in [6.45, 7) is 14.8. The number of ketones is 1. The number of amides is 4. The summed E-state index contributed by atoms with van der Waals surface area (Å²) in [5, 5.41) is 16.5. The van der Waals surface area contributed by atoms with Gasteiger partial charge in [-0.3, -0.25) is 28.9 Å². The van der Waals surface area contributed by atoms with Gasteiger partial charge in [-0.1, -0.05) is 54.9 Å². The van der Waals surface area contributed by atoms with Crippen LogP contribution in [0.1, 0.15) is 85.0 Å². The zero-order valence-corrected chi connectivity index (χ0v) is 34.6. The molecule has 0 aromatic heterocycles. The van der Waals surface area contributed by atoms with E-state index in [2.05, 4.69) is 10.6 Å². The molecule has 54 heavy (non-hydrogen) atoms. The summed E-state index contributed by atoms with van der Waals surface area (Å²) < 4.78 is 25.1. The minimum absolute atomic E-state index is 0.0146. The van der Waals surface area contributed by atoms with Gasteiger partial charge in [0.15, 0.2) is 5.78 Å². The summed E-state index contributed by atoms with van der Waals surface area (Å²) in [5.41, 5.74) is 0.250. The SMILES string of the molecule is CC[C@H](C)[C@@H]([C@@H](CC(=O)N1C[C@@H](O)C[C@H]1[C@H](OC)[C@@H](C)C(=O)N[C@@H](C)C(=O)c1ccc(F)cc1)OC)N(C)C(=O)[C@@H](NC(=O)[C@H](C(C)C)N(C)C)C(C)C. The number of nitrogens with one attached hydrogen (secondary N) is 2. The van der Waals surface area contributed by atoms with Crippen molar-refractivity contribution in [3.05, 3.63) is 35.6 Å². The Kier molecular flexibility index (Phi) is 18.2. The third kappa shape index (κ3) is 11.8. The summed E-state index contributed by atoms with van der Waals surface area (Å²) in [6.07, 6.45) is -1.72. The molecule has 1 heterocycles. The standard InChI is InChI=1S/C40H66FN5O8/c1-14-24(6)35(45(11)40(52)33(22(2)3)43-39(51)34(23(4)5)44(9)10)31(53-12)20-32(48)46-21-29(47)19-30(46)37(54-13)25(7)38(50)42-26(8)36(49)27-15-17-28(41)18-16-27/h15-18,22-26,29-31,33-35,37,47H,14,19-21H2,1-13H3,(H,42,50)(H,43,51)/t24-,25+,26-,29-,30-,31+,33-,34-,35-,37+/m0/s1. The first kappa shape index (κ1) is 46.7. The topological polar surface area (TPSA) is 158 Å². The molecule has 4 amide bonds. The zero-order chi connectivity index (χ0) is 41.2. The van der Waals surface area contributed by atoms with Gasteiger partial charge in [0.25, 0.3) is 0 Å². The maximum atomic E-state index is 14.2. The molecule has 0 saturated carbocycles. The predicted molar refractivity (Wildman–Crippen MR) is 205 cm³/mol. The van der Waals surface area contributed by atoms with Crippen molar-refractivity contribution >= 4 is 29.4 Å². The number of benzene rings is 1. The van der Waals surface area contributed by atoms with Crippen LogP contribution in [0.2, 0.25) is 0 Å². The Morgan fingerprint density at radius 3 is 1.98 bits per heavy atom. The van der Waals surface area contributed by atoms with Crippen molar-refractivity contribution in [1.29, 1.82) is 0 Å². The molecular formula is C40H66FN5O8. The molecule has 0 unspecified atom stereocenters. The van der Waals surface area contributed by atoms with Crippen molar-refractivity contribution in [3.63, 3.8) is 0 Å². The van der Waals surface area contributed by atoms with E-state index < -0.39 is 71.9 Å². The van der Waals surface area contributed by atoms with E-state index in [1.165, 1.54) is 50.3 Å². The molecule has 1 aromatic rings. The van der Waals surface area contributed by atoms with Gasteiger partial charge in [-0.2, -0.15) is 0 Å². The average Bonchev–Trinajstić information content (AvgIpc) is 3.50. The maximum Gasteiger partial charge on any atom is 0.245 e. The van der Waals surface area contributed by atoms with Crippen LogP contribution >= 0.6 is 0 Å². The largest absolute Gasteiger partial charge is 0.391 e. The normalized spacial score (nSPS) is 20.5. The summed E-state index contributed by atoms with van der Waals surface area (Å²) in [7, 11) is 8.26. The molecule has 14 heteroatoms. The highest BCUT2D eigenvalue weighted by molar-refractivity contribution is 6.01. The van der Waals surface area contributed by atoms with E-state index in [4.69, 9.17) is 9.47 Å². The van der Waals surface area contributed by atoms with Crippen LogP contribution in [-0.4, -0.2) is 140 Å². The van der Waals surface area contributed by atoms with Gasteiger partial charge in [-0.25, -0.2) is 4.39 Å². The fourth-order valence-electron chi connectivity index (χ4n) is 7.68. The van der Waals surface area contributed by atoms with Gasteiger partial charge in [-0.15, -0.1) is 0 Å². The Morgan fingerprint density at radius 2 is 1.50 bits per heavy atom. The minimum Gasteiger partial charge on any atom is -0.391 e. The van der Waals surface area contributed by atoms with Crippen molar-refractivity contribution in [3.8, 4) is 0 Å². The number of likely N-dealkylation sites (tertiary alicyclic amines) is 1. The fourth-order valence-corrected chi connectivity index (χ4v) is 7.68. The second-order valence-corrected chi connectivity index (χ2v) is 15.8. The molecule has 1 aromatic carbocycles. The average molecular weight is 764 g/mol. The number of nitrogens with zero attached hydrogens (tertiary/aromatic N) is 3. The molecule has 3 N–H and O–H groups in total. The van der Waals surface area contributed by atoms with Crippen LogP contribution in [0.3, 0.4) is 0 Å². The first-order valence-electron chi connectivity index (χ1n) is 19.1. The molecule has 0 radical (unpaired) electrons. The Labute approximate surface area is 321 Å². The number of likely N-dealkylation sites (N-methyl/N-ethyl adjacent to an activating group) is 2. The van der Waals surface area contributed by atoms with Crippen LogP contribution in [0.5, 0.6) is 0 Å².